The van der Waals surface area contributed by atoms with Crippen LogP contribution in [0.5, 0.6) is 0 Å². The molecular weight excluding hydrogens is 238 g/mol. The number of piperidine rings is 1. The summed E-state index contributed by atoms with van der Waals surface area (Å²) in [7, 11) is 0. The Morgan fingerprint density at radius 3 is 2.61 bits per heavy atom. The van der Waals surface area contributed by atoms with Gasteiger partial charge in [0, 0.05) is 6.54 Å². The molecule has 2 rings (SSSR count). The number of hydrogen-bond acceptors (Lipinski definition) is 2. The molecule has 0 aromatic heterocycles. The molecule has 2 unspecified atom stereocenters. The van der Waals surface area contributed by atoms with Gasteiger partial charge in [-0.25, -0.2) is 8.78 Å². The lowest BCUT2D eigenvalue weighted by Gasteiger charge is -2.26. The number of hydrogen-bond donors (Lipinski definition) is 2. The van der Waals surface area contributed by atoms with Crippen LogP contribution in [0.4, 0.5) is 14.5 Å². The molecule has 0 bridgehead atoms. The van der Waals surface area contributed by atoms with Crippen LogP contribution in [0.3, 0.4) is 0 Å². The summed E-state index contributed by atoms with van der Waals surface area (Å²) in [5.74, 6) is -1.69. The Morgan fingerprint density at radius 1 is 1.33 bits per heavy atom. The van der Waals surface area contributed by atoms with Crippen LogP contribution in [0.1, 0.15) is 13.3 Å². The van der Waals surface area contributed by atoms with Crippen molar-refractivity contribution in [2.75, 3.05) is 18.4 Å². The summed E-state index contributed by atoms with van der Waals surface area (Å²) in [6.07, 6.45) is 0.731. The van der Waals surface area contributed by atoms with Gasteiger partial charge >= 0.3 is 0 Å². The molecule has 1 saturated heterocycles. The van der Waals surface area contributed by atoms with Crippen molar-refractivity contribution < 1.29 is 13.6 Å². The second kappa shape index (κ2) is 5.44. The summed E-state index contributed by atoms with van der Waals surface area (Å²) >= 11 is 0. The van der Waals surface area contributed by atoms with Crippen molar-refractivity contribution >= 4 is 11.6 Å². The number of amides is 1. The van der Waals surface area contributed by atoms with E-state index >= 15 is 0 Å². The highest BCUT2D eigenvalue weighted by Crippen LogP contribution is 2.21. The Labute approximate surface area is 105 Å². The average molecular weight is 254 g/mol. The first-order valence-corrected chi connectivity index (χ1v) is 6.03. The molecule has 2 atom stereocenters. The van der Waals surface area contributed by atoms with E-state index in [2.05, 4.69) is 10.6 Å². The van der Waals surface area contributed by atoms with Crippen LogP contribution in [0.15, 0.2) is 18.2 Å². The standard InChI is InChI=1S/C13H16F2N2O/c1-8-5-9(7-16-6-8)13(18)17-12-10(14)3-2-4-11(12)15/h2-4,8-9,16H,5-7H2,1H3,(H,17,18). The molecular formula is C13H16F2N2O. The summed E-state index contributed by atoms with van der Waals surface area (Å²) in [5.41, 5.74) is -0.360. The van der Waals surface area contributed by atoms with Crippen LogP contribution >= 0.6 is 0 Å². The van der Waals surface area contributed by atoms with Gasteiger partial charge in [-0.1, -0.05) is 13.0 Å². The van der Waals surface area contributed by atoms with Crippen molar-refractivity contribution in [3.63, 3.8) is 0 Å². The number of carbonyl (C=O) groups excluding carboxylic acids is 1. The molecule has 1 amide bonds. The molecule has 1 aliphatic heterocycles. The summed E-state index contributed by atoms with van der Waals surface area (Å²) in [5, 5.41) is 5.47. The zero-order chi connectivity index (χ0) is 13.1. The number of nitrogens with one attached hydrogen (secondary N) is 2. The number of rotatable bonds is 2. The third kappa shape index (κ3) is 2.85. The smallest absolute Gasteiger partial charge is 0.228 e. The first-order chi connectivity index (χ1) is 8.58. The number of carbonyl (C=O) groups is 1. The van der Waals surface area contributed by atoms with Crippen molar-refractivity contribution in [2.45, 2.75) is 13.3 Å². The van der Waals surface area contributed by atoms with Crippen LogP contribution in [0.25, 0.3) is 0 Å². The van der Waals surface area contributed by atoms with Crippen molar-refractivity contribution in [2.24, 2.45) is 11.8 Å². The summed E-state index contributed by atoms with van der Waals surface area (Å²) in [6.45, 7) is 3.46. The lowest BCUT2D eigenvalue weighted by molar-refractivity contribution is -0.120. The van der Waals surface area contributed by atoms with Gasteiger partial charge in [0.05, 0.1) is 5.92 Å². The van der Waals surface area contributed by atoms with Crippen molar-refractivity contribution in [3.05, 3.63) is 29.8 Å². The normalized spacial score (nSPS) is 23.7. The van der Waals surface area contributed by atoms with E-state index in [1.165, 1.54) is 6.07 Å². The monoisotopic (exact) mass is 254 g/mol. The quantitative estimate of drug-likeness (QED) is 0.849. The zero-order valence-electron chi connectivity index (χ0n) is 10.2. The Morgan fingerprint density at radius 2 is 2.00 bits per heavy atom. The minimum atomic E-state index is -0.750. The van der Waals surface area contributed by atoms with Gasteiger partial charge in [0.25, 0.3) is 0 Å². The molecule has 0 spiro atoms. The van der Waals surface area contributed by atoms with Gasteiger partial charge < -0.3 is 10.6 Å². The molecule has 1 heterocycles. The Kier molecular flexibility index (Phi) is 3.91. The van der Waals surface area contributed by atoms with Gasteiger partial charge in [0.15, 0.2) is 0 Å². The van der Waals surface area contributed by atoms with Crippen LogP contribution < -0.4 is 10.6 Å². The lowest BCUT2D eigenvalue weighted by Crippen LogP contribution is -2.41. The second-order valence-electron chi connectivity index (χ2n) is 4.78. The predicted octanol–water partition coefficient (Wildman–Crippen LogP) is 2.15. The predicted molar refractivity (Wildman–Crippen MR) is 65.1 cm³/mol. The zero-order valence-corrected chi connectivity index (χ0v) is 10.2. The maximum Gasteiger partial charge on any atom is 0.228 e. The molecule has 1 aliphatic rings. The fourth-order valence-corrected chi connectivity index (χ4v) is 2.20. The fourth-order valence-electron chi connectivity index (χ4n) is 2.20. The molecule has 5 heteroatoms. The Balaban J connectivity index is 2.07. The molecule has 1 aromatic rings. The SMILES string of the molecule is CC1CNCC(C(=O)Nc2c(F)cccc2F)C1. The van der Waals surface area contributed by atoms with Crippen molar-refractivity contribution in [3.8, 4) is 0 Å². The van der Waals surface area contributed by atoms with Crippen molar-refractivity contribution in [1.29, 1.82) is 0 Å². The van der Waals surface area contributed by atoms with E-state index in [9.17, 15) is 13.6 Å². The average Bonchev–Trinajstić information content (AvgIpc) is 2.34. The number of para-hydroxylation sites is 1. The van der Waals surface area contributed by atoms with E-state index in [1.807, 2.05) is 6.92 Å². The Bertz CT molecular complexity index is 430. The molecule has 18 heavy (non-hydrogen) atoms. The largest absolute Gasteiger partial charge is 0.321 e. The van der Waals surface area contributed by atoms with Gasteiger partial charge in [-0.3, -0.25) is 4.79 Å². The minimum Gasteiger partial charge on any atom is -0.321 e. The number of halogens is 2. The van der Waals surface area contributed by atoms with E-state index < -0.39 is 11.6 Å². The van der Waals surface area contributed by atoms with Gasteiger partial charge in [-0.15, -0.1) is 0 Å². The maximum absolute atomic E-state index is 13.4. The molecule has 98 valence electrons. The molecule has 1 aromatic carbocycles. The second-order valence-corrected chi connectivity index (χ2v) is 4.78. The van der Waals surface area contributed by atoms with Crippen LogP contribution in [0, 0.1) is 23.5 Å². The first kappa shape index (κ1) is 13.0. The van der Waals surface area contributed by atoms with Gasteiger partial charge in [-0.05, 0) is 31.0 Å². The summed E-state index contributed by atoms with van der Waals surface area (Å²) in [4.78, 5) is 11.9. The molecule has 2 N–H and O–H groups in total. The van der Waals surface area contributed by atoms with E-state index in [0.29, 0.717) is 12.5 Å². The van der Waals surface area contributed by atoms with E-state index in [4.69, 9.17) is 0 Å². The minimum absolute atomic E-state index is 0.243. The fraction of sp³-hybridized carbons (Fsp3) is 0.462. The molecule has 0 radical (unpaired) electrons. The van der Waals surface area contributed by atoms with Gasteiger partial charge in [-0.2, -0.15) is 0 Å². The number of benzene rings is 1. The van der Waals surface area contributed by atoms with Crippen LogP contribution in [-0.2, 0) is 4.79 Å². The third-order valence-corrected chi connectivity index (χ3v) is 3.15. The van der Waals surface area contributed by atoms with Crippen LogP contribution in [0.2, 0.25) is 0 Å². The highest BCUT2D eigenvalue weighted by atomic mass is 19.1. The summed E-state index contributed by atoms with van der Waals surface area (Å²) < 4.78 is 26.8. The van der Waals surface area contributed by atoms with Crippen molar-refractivity contribution in [1.82, 2.24) is 5.32 Å². The third-order valence-electron chi connectivity index (χ3n) is 3.15. The van der Waals surface area contributed by atoms with E-state index in [1.54, 1.807) is 0 Å². The maximum atomic E-state index is 13.4. The van der Waals surface area contributed by atoms with Crippen LogP contribution in [-0.4, -0.2) is 19.0 Å². The topological polar surface area (TPSA) is 41.1 Å². The lowest BCUT2D eigenvalue weighted by atomic mass is 9.91. The summed E-state index contributed by atoms with van der Waals surface area (Å²) in [6, 6.07) is 3.52. The number of anilines is 1. The molecule has 3 nitrogen and oxygen atoms in total. The first-order valence-electron chi connectivity index (χ1n) is 6.03. The van der Waals surface area contributed by atoms with E-state index in [-0.39, 0.29) is 17.5 Å². The van der Waals surface area contributed by atoms with Gasteiger partial charge in [0.2, 0.25) is 5.91 Å². The molecule has 0 saturated carbocycles. The Hall–Kier alpha value is -1.49. The molecule has 0 aliphatic carbocycles. The van der Waals surface area contributed by atoms with Gasteiger partial charge in [0.1, 0.15) is 17.3 Å². The molecule has 1 fully saturated rings. The highest BCUT2D eigenvalue weighted by molar-refractivity contribution is 5.93. The highest BCUT2D eigenvalue weighted by Gasteiger charge is 2.26. The van der Waals surface area contributed by atoms with E-state index in [0.717, 1.165) is 25.1 Å².